The Kier molecular flexibility index (Phi) is 4.26. The van der Waals surface area contributed by atoms with E-state index in [-0.39, 0.29) is 6.04 Å². The van der Waals surface area contributed by atoms with E-state index in [4.69, 9.17) is 11.6 Å². The van der Waals surface area contributed by atoms with Crippen molar-refractivity contribution in [2.24, 2.45) is 0 Å². The van der Waals surface area contributed by atoms with E-state index in [2.05, 4.69) is 52.4 Å². The first-order valence-electron chi connectivity index (χ1n) is 5.30. The summed E-state index contributed by atoms with van der Waals surface area (Å²) >= 11 is 11.3. The number of hydrogen-bond donors (Lipinski definition) is 1. The van der Waals surface area contributed by atoms with E-state index < -0.39 is 0 Å². The Bertz CT molecular complexity index is 524. The topological polar surface area (TPSA) is 12.0 Å². The highest BCUT2D eigenvalue weighted by atomic mass is 79.9. The Morgan fingerprint density at radius 3 is 2.59 bits per heavy atom. The third-order valence-corrected chi connectivity index (χ3v) is 4.89. The quantitative estimate of drug-likeness (QED) is 0.854. The first kappa shape index (κ1) is 13.1. The first-order chi connectivity index (χ1) is 8.11. The van der Waals surface area contributed by atoms with Gasteiger partial charge in [-0.1, -0.05) is 17.7 Å². The van der Waals surface area contributed by atoms with Gasteiger partial charge in [-0.05, 0) is 59.7 Å². The molecule has 1 N–H and O–H groups in total. The zero-order valence-corrected chi connectivity index (χ0v) is 12.8. The van der Waals surface area contributed by atoms with E-state index in [1.54, 1.807) is 0 Å². The van der Waals surface area contributed by atoms with Crippen LogP contribution < -0.4 is 5.32 Å². The van der Waals surface area contributed by atoms with E-state index >= 15 is 0 Å². The Hall–Kier alpha value is -0.350. The highest BCUT2D eigenvalue weighted by Crippen LogP contribution is 2.31. The van der Waals surface area contributed by atoms with E-state index in [1.165, 1.54) is 15.3 Å². The molecule has 0 aliphatic rings. The van der Waals surface area contributed by atoms with Gasteiger partial charge in [0.15, 0.2) is 0 Å². The summed E-state index contributed by atoms with van der Waals surface area (Å²) < 4.78 is 0.935. The lowest BCUT2D eigenvalue weighted by Gasteiger charge is -2.15. The number of aryl methyl sites for hydroxylation is 1. The third kappa shape index (κ3) is 2.91. The summed E-state index contributed by atoms with van der Waals surface area (Å²) in [4.78, 5) is 2.65. The zero-order chi connectivity index (χ0) is 12.4. The fraction of sp³-hybridized carbons (Fsp3) is 0.231. The van der Waals surface area contributed by atoms with Crippen LogP contribution in [0.15, 0.2) is 34.8 Å². The largest absolute Gasteiger partial charge is 0.309 e. The summed E-state index contributed by atoms with van der Waals surface area (Å²) in [5.74, 6) is 0. The Labute approximate surface area is 119 Å². The minimum absolute atomic E-state index is 0.224. The van der Waals surface area contributed by atoms with Gasteiger partial charge in [0.1, 0.15) is 0 Å². The number of thiophene rings is 1. The van der Waals surface area contributed by atoms with Gasteiger partial charge in [0.2, 0.25) is 0 Å². The predicted molar refractivity (Wildman–Crippen MR) is 79.1 cm³/mol. The molecular formula is C13H13BrClNS. The van der Waals surface area contributed by atoms with Crippen LogP contribution in [0, 0.1) is 6.92 Å². The molecule has 0 radical (unpaired) electrons. The molecule has 0 aliphatic carbocycles. The van der Waals surface area contributed by atoms with Crippen molar-refractivity contribution in [3.8, 4) is 0 Å². The molecule has 4 heteroatoms. The molecular weight excluding hydrogens is 318 g/mol. The maximum Gasteiger partial charge on any atom is 0.0669 e. The van der Waals surface area contributed by atoms with Crippen molar-refractivity contribution in [1.29, 1.82) is 0 Å². The van der Waals surface area contributed by atoms with Crippen LogP contribution in [0.5, 0.6) is 0 Å². The van der Waals surface area contributed by atoms with Crippen molar-refractivity contribution in [1.82, 2.24) is 5.32 Å². The average Bonchev–Trinajstić information content (AvgIpc) is 2.71. The van der Waals surface area contributed by atoms with Crippen LogP contribution in [0.4, 0.5) is 0 Å². The number of nitrogens with one attached hydrogen (secondary N) is 1. The molecule has 0 spiro atoms. The Morgan fingerprint density at radius 2 is 2.06 bits per heavy atom. The van der Waals surface area contributed by atoms with E-state index in [1.807, 2.05) is 24.5 Å². The fourth-order valence-corrected chi connectivity index (χ4v) is 3.30. The lowest BCUT2D eigenvalue weighted by atomic mass is 10.1. The fourth-order valence-electron chi connectivity index (χ4n) is 1.77. The summed E-state index contributed by atoms with van der Waals surface area (Å²) in [5.41, 5.74) is 1.21. The highest BCUT2D eigenvalue weighted by molar-refractivity contribution is 9.10. The van der Waals surface area contributed by atoms with Gasteiger partial charge in [-0.3, -0.25) is 0 Å². The maximum absolute atomic E-state index is 6.01. The average molecular weight is 331 g/mol. The van der Waals surface area contributed by atoms with Crippen molar-refractivity contribution in [2.45, 2.75) is 13.0 Å². The lowest BCUT2D eigenvalue weighted by Crippen LogP contribution is -2.16. The van der Waals surface area contributed by atoms with Crippen molar-refractivity contribution in [3.63, 3.8) is 0 Å². The summed E-state index contributed by atoms with van der Waals surface area (Å²) in [5, 5.41) is 4.08. The SMILES string of the molecule is CNC(c1ccc(Cl)c(Br)c1)c1ccc(C)s1. The highest BCUT2D eigenvalue weighted by Gasteiger charge is 2.14. The molecule has 1 aromatic carbocycles. The van der Waals surface area contributed by atoms with Crippen LogP contribution in [0.2, 0.25) is 5.02 Å². The maximum atomic E-state index is 6.01. The van der Waals surface area contributed by atoms with Gasteiger partial charge >= 0.3 is 0 Å². The van der Waals surface area contributed by atoms with Crippen LogP contribution >= 0.6 is 38.9 Å². The van der Waals surface area contributed by atoms with Crippen molar-refractivity contribution in [3.05, 3.63) is 55.1 Å². The molecule has 1 atom stereocenters. The molecule has 90 valence electrons. The van der Waals surface area contributed by atoms with Crippen LogP contribution in [0.25, 0.3) is 0 Å². The molecule has 0 bridgehead atoms. The first-order valence-corrected chi connectivity index (χ1v) is 7.29. The number of rotatable bonds is 3. The van der Waals surface area contributed by atoms with Crippen LogP contribution in [-0.2, 0) is 0 Å². The molecule has 1 heterocycles. The van der Waals surface area contributed by atoms with Gasteiger partial charge in [0, 0.05) is 14.2 Å². The summed E-state index contributed by atoms with van der Waals surface area (Å²) in [7, 11) is 1.97. The monoisotopic (exact) mass is 329 g/mol. The zero-order valence-electron chi connectivity index (χ0n) is 9.63. The summed E-state index contributed by atoms with van der Waals surface area (Å²) in [6.07, 6.45) is 0. The van der Waals surface area contributed by atoms with Gasteiger partial charge < -0.3 is 5.32 Å². The van der Waals surface area contributed by atoms with E-state index in [0.29, 0.717) is 0 Å². The molecule has 1 aromatic heterocycles. The number of benzene rings is 1. The number of halogens is 2. The predicted octanol–water partition coefficient (Wildman–Crippen LogP) is 4.78. The Balaban J connectivity index is 2.38. The number of hydrogen-bond acceptors (Lipinski definition) is 2. The van der Waals surface area contributed by atoms with Gasteiger partial charge in [-0.2, -0.15) is 0 Å². The van der Waals surface area contributed by atoms with Crippen molar-refractivity contribution in [2.75, 3.05) is 7.05 Å². The minimum Gasteiger partial charge on any atom is -0.309 e. The normalized spacial score (nSPS) is 12.7. The van der Waals surface area contributed by atoms with E-state index in [9.17, 15) is 0 Å². The van der Waals surface area contributed by atoms with Gasteiger partial charge in [0.05, 0.1) is 11.1 Å². The molecule has 17 heavy (non-hydrogen) atoms. The molecule has 0 amide bonds. The van der Waals surface area contributed by atoms with E-state index in [0.717, 1.165) is 9.50 Å². The van der Waals surface area contributed by atoms with Gasteiger partial charge in [-0.15, -0.1) is 11.3 Å². The summed E-state index contributed by atoms with van der Waals surface area (Å²) in [6.45, 7) is 2.12. The Morgan fingerprint density at radius 1 is 1.29 bits per heavy atom. The molecule has 0 saturated carbocycles. The third-order valence-electron chi connectivity index (χ3n) is 2.61. The van der Waals surface area contributed by atoms with Crippen LogP contribution in [0.3, 0.4) is 0 Å². The summed E-state index contributed by atoms with van der Waals surface area (Å²) in [6, 6.07) is 10.6. The molecule has 0 aliphatic heterocycles. The van der Waals surface area contributed by atoms with Crippen LogP contribution in [-0.4, -0.2) is 7.05 Å². The molecule has 2 rings (SSSR count). The standard InChI is InChI=1S/C13H13BrClNS/c1-8-3-6-12(17-8)13(16-2)9-4-5-11(15)10(14)7-9/h3-7,13,16H,1-2H3. The molecule has 2 aromatic rings. The molecule has 1 nitrogen and oxygen atoms in total. The smallest absolute Gasteiger partial charge is 0.0669 e. The molecule has 0 fully saturated rings. The van der Waals surface area contributed by atoms with Crippen molar-refractivity contribution >= 4 is 38.9 Å². The lowest BCUT2D eigenvalue weighted by molar-refractivity contribution is 0.703. The van der Waals surface area contributed by atoms with Crippen molar-refractivity contribution < 1.29 is 0 Å². The van der Waals surface area contributed by atoms with Gasteiger partial charge in [-0.25, -0.2) is 0 Å². The second-order valence-corrected chi connectivity index (χ2v) is 6.42. The molecule has 1 unspecified atom stereocenters. The van der Waals surface area contributed by atoms with Gasteiger partial charge in [0.25, 0.3) is 0 Å². The van der Waals surface area contributed by atoms with Crippen LogP contribution in [0.1, 0.15) is 21.4 Å². The molecule has 0 saturated heterocycles. The minimum atomic E-state index is 0.224. The second-order valence-electron chi connectivity index (χ2n) is 3.84. The second kappa shape index (κ2) is 5.53.